The Hall–Kier alpha value is -0.280. The van der Waals surface area contributed by atoms with Crippen molar-refractivity contribution in [1.29, 1.82) is 0 Å². The zero-order valence-electron chi connectivity index (χ0n) is 10.1. The van der Waals surface area contributed by atoms with Crippen molar-refractivity contribution in [3.8, 4) is 0 Å². The molecule has 0 bridgehead atoms. The molecule has 16 heavy (non-hydrogen) atoms. The zero-order chi connectivity index (χ0) is 10.7. The number of rotatable bonds is 3. The highest BCUT2D eigenvalue weighted by atomic mass is 35.5. The molecular weight excluding hydrogens is 224 g/mol. The highest BCUT2D eigenvalue weighted by Gasteiger charge is 2.29. The Morgan fingerprint density at radius 2 is 2.00 bits per heavy atom. The van der Waals surface area contributed by atoms with Gasteiger partial charge in [0.2, 0.25) is 5.91 Å². The molecule has 2 N–H and O–H groups in total. The summed E-state index contributed by atoms with van der Waals surface area (Å²) in [5, 5.41) is 6.54. The van der Waals surface area contributed by atoms with Crippen LogP contribution in [-0.2, 0) is 4.79 Å². The summed E-state index contributed by atoms with van der Waals surface area (Å²) in [5.41, 5.74) is 0.0477. The molecule has 4 heteroatoms. The van der Waals surface area contributed by atoms with Gasteiger partial charge in [-0.05, 0) is 51.6 Å². The number of amides is 1. The molecule has 2 rings (SSSR count). The van der Waals surface area contributed by atoms with E-state index in [9.17, 15) is 4.79 Å². The lowest BCUT2D eigenvalue weighted by Gasteiger charge is -2.36. The number of piperidine rings is 1. The van der Waals surface area contributed by atoms with E-state index in [1.165, 1.54) is 19.3 Å². The van der Waals surface area contributed by atoms with Crippen LogP contribution in [0.1, 0.15) is 45.4 Å². The Morgan fingerprint density at radius 1 is 1.38 bits per heavy atom. The van der Waals surface area contributed by atoms with Crippen LogP contribution in [0, 0.1) is 5.92 Å². The Kier molecular flexibility index (Phi) is 5.06. The molecule has 0 spiro atoms. The van der Waals surface area contributed by atoms with Gasteiger partial charge >= 0.3 is 0 Å². The van der Waals surface area contributed by atoms with E-state index in [0.29, 0.717) is 5.92 Å². The second-order valence-electron chi connectivity index (χ2n) is 5.36. The summed E-state index contributed by atoms with van der Waals surface area (Å²) in [4.78, 5) is 11.8. The largest absolute Gasteiger partial charge is 0.351 e. The molecule has 0 aromatic rings. The third-order valence-electron chi connectivity index (χ3n) is 3.85. The van der Waals surface area contributed by atoms with Crippen molar-refractivity contribution >= 4 is 18.3 Å². The normalized spacial score (nSPS) is 24.1. The van der Waals surface area contributed by atoms with E-state index in [2.05, 4.69) is 17.6 Å². The maximum Gasteiger partial charge on any atom is 0.220 e. The second kappa shape index (κ2) is 5.87. The number of hydrogen-bond acceptors (Lipinski definition) is 2. The predicted molar refractivity (Wildman–Crippen MR) is 67.9 cm³/mol. The van der Waals surface area contributed by atoms with E-state index in [1.54, 1.807) is 0 Å². The lowest BCUT2D eigenvalue weighted by Crippen LogP contribution is -2.52. The first-order valence-electron chi connectivity index (χ1n) is 6.20. The van der Waals surface area contributed by atoms with Crippen LogP contribution in [0.4, 0.5) is 0 Å². The smallest absolute Gasteiger partial charge is 0.220 e. The van der Waals surface area contributed by atoms with Gasteiger partial charge in [-0.15, -0.1) is 12.4 Å². The quantitative estimate of drug-likeness (QED) is 0.798. The average Bonchev–Trinajstić information content (AvgIpc) is 2.12. The fourth-order valence-corrected chi connectivity index (χ4v) is 2.45. The Balaban J connectivity index is 0.00000128. The van der Waals surface area contributed by atoms with Gasteiger partial charge in [0.15, 0.2) is 0 Å². The van der Waals surface area contributed by atoms with Crippen molar-refractivity contribution in [1.82, 2.24) is 10.6 Å². The number of halogens is 1. The molecule has 1 aliphatic heterocycles. The SMILES string of the molecule is CC1(NC(=O)CC2CCC2)CCNCC1.Cl. The van der Waals surface area contributed by atoms with Gasteiger partial charge in [-0.3, -0.25) is 4.79 Å². The van der Waals surface area contributed by atoms with Gasteiger partial charge in [0, 0.05) is 12.0 Å². The number of hydrogen-bond donors (Lipinski definition) is 2. The summed E-state index contributed by atoms with van der Waals surface area (Å²) in [6, 6.07) is 0. The number of nitrogens with one attached hydrogen (secondary N) is 2. The van der Waals surface area contributed by atoms with E-state index >= 15 is 0 Å². The molecule has 1 aliphatic carbocycles. The molecule has 1 amide bonds. The Morgan fingerprint density at radius 3 is 2.50 bits per heavy atom. The molecule has 0 aromatic carbocycles. The van der Waals surface area contributed by atoms with Crippen LogP contribution >= 0.6 is 12.4 Å². The van der Waals surface area contributed by atoms with E-state index in [-0.39, 0.29) is 23.9 Å². The lowest BCUT2D eigenvalue weighted by atomic mass is 9.82. The van der Waals surface area contributed by atoms with E-state index in [1.807, 2.05) is 0 Å². The van der Waals surface area contributed by atoms with Crippen molar-refractivity contribution in [2.75, 3.05) is 13.1 Å². The summed E-state index contributed by atoms with van der Waals surface area (Å²) >= 11 is 0. The topological polar surface area (TPSA) is 41.1 Å². The highest BCUT2D eigenvalue weighted by molar-refractivity contribution is 5.85. The summed E-state index contributed by atoms with van der Waals surface area (Å²) in [5.74, 6) is 0.944. The molecular formula is C12H23ClN2O. The molecule has 1 saturated heterocycles. The van der Waals surface area contributed by atoms with E-state index in [4.69, 9.17) is 0 Å². The summed E-state index contributed by atoms with van der Waals surface area (Å²) in [6.45, 7) is 4.23. The standard InChI is InChI=1S/C12H22N2O.ClH/c1-12(5-7-13-8-6-12)14-11(15)9-10-3-2-4-10;/h10,13H,2-9H2,1H3,(H,14,15);1H. The van der Waals surface area contributed by atoms with Gasteiger partial charge in [-0.2, -0.15) is 0 Å². The van der Waals surface area contributed by atoms with Crippen LogP contribution in [-0.4, -0.2) is 24.5 Å². The Labute approximate surface area is 104 Å². The molecule has 2 aliphatic rings. The monoisotopic (exact) mass is 246 g/mol. The first kappa shape index (κ1) is 13.8. The molecule has 1 heterocycles. The van der Waals surface area contributed by atoms with Crippen LogP contribution in [0.15, 0.2) is 0 Å². The highest BCUT2D eigenvalue weighted by Crippen LogP contribution is 2.29. The molecule has 0 atom stereocenters. The minimum atomic E-state index is 0. The molecule has 94 valence electrons. The predicted octanol–water partition coefficient (Wildman–Crippen LogP) is 1.86. The van der Waals surface area contributed by atoms with Crippen LogP contribution < -0.4 is 10.6 Å². The summed E-state index contributed by atoms with van der Waals surface area (Å²) in [7, 11) is 0. The van der Waals surface area contributed by atoms with Crippen molar-refractivity contribution < 1.29 is 4.79 Å². The van der Waals surface area contributed by atoms with Gasteiger partial charge in [-0.1, -0.05) is 6.42 Å². The maximum absolute atomic E-state index is 11.8. The van der Waals surface area contributed by atoms with E-state index < -0.39 is 0 Å². The van der Waals surface area contributed by atoms with Crippen molar-refractivity contribution in [2.45, 2.75) is 51.0 Å². The van der Waals surface area contributed by atoms with Crippen molar-refractivity contribution in [2.24, 2.45) is 5.92 Å². The number of carbonyl (C=O) groups excluding carboxylic acids is 1. The van der Waals surface area contributed by atoms with Crippen LogP contribution in [0.5, 0.6) is 0 Å². The fourth-order valence-electron chi connectivity index (χ4n) is 2.45. The molecule has 0 unspecified atom stereocenters. The van der Waals surface area contributed by atoms with Gasteiger partial charge in [-0.25, -0.2) is 0 Å². The van der Waals surface area contributed by atoms with Crippen molar-refractivity contribution in [3.05, 3.63) is 0 Å². The second-order valence-corrected chi connectivity index (χ2v) is 5.36. The van der Waals surface area contributed by atoms with Crippen LogP contribution in [0.2, 0.25) is 0 Å². The molecule has 2 fully saturated rings. The van der Waals surface area contributed by atoms with Crippen LogP contribution in [0.3, 0.4) is 0 Å². The fraction of sp³-hybridized carbons (Fsp3) is 0.917. The first-order chi connectivity index (χ1) is 7.18. The Bertz CT molecular complexity index is 235. The average molecular weight is 247 g/mol. The molecule has 1 saturated carbocycles. The third kappa shape index (κ3) is 3.63. The summed E-state index contributed by atoms with van der Waals surface area (Å²) in [6.07, 6.45) is 6.70. The molecule has 0 aromatic heterocycles. The van der Waals surface area contributed by atoms with Crippen molar-refractivity contribution in [3.63, 3.8) is 0 Å². The maximum atomic E-state index is 11.8. The minimum Gasteiger partial charge on any atom is -0.351 e. The zero-order valence-corrected chi connectivity index (χ0v) is 10.9. The molecule has 0 radical (unpaired) electrons. The van der Waals surface area contributed by atoms with Gasteiger partial charge < -0.3 is 10.6 Å². The van der Waals surface area contributed by atoms with Crippen LogP contribution in [0.25, 0.3) is 0 Å². The first-order valence-corrected chi connectivity index (χ1v) is 6.20. The van der Waals surface area contributed by atoms with Gasteiger partial charge in [0.25, 0.3) is 0 Å². The van der Waals surface area contributed by atoms with Gasteiger partial charge in [0.05, 0.1) is 0 Å². The summed E-state index contributed by atoms with van der Waals surface area (Å²) < 4.78 is 0. The number of carbonyl (C=O) groups is 1. The van der Waals surface area contributed by atoms with E-state index in [0.717, 1.165) is 32.4 Å². The third-order valence-corrected chi connectivity index (χ3v) is 3.85. The minimum absolute atomic E-state index is 0. The van der Waals surface area contributed by atoms with Gasteiger partial charge in [0.1, 0.15) is 0 Å². The molecule has 3 nitrogen and oxygen atoms in total. The lowest BCUT2D eigenvalue weighted by molar-refractivity contribution is -0.124.